The minimum absolute atomic E-state index is 0.292. The summed E-state index contributed by atoms with van der Waals surface area (Å²) >= 11 is 0. The van der Waals surface area contributed by atoms with Crippen LogP contribution in [0.3, 0.4) is 0 Å². The summed E-state index contributed by atoms with van der Waals surface area (Å²) in [5.41, 5.74) is 4.84. The molecule has 0 atom stereocenters. The van der Waals surface area contributed by atoms with Crippen molar-refractivity contribution in [3.63, 3.8) is 0 Å². The number of hydrogen-bond donors (Lipinski definition) is 3. The van der Waals surface area contributed by atoms with Crippen molar-refractivity contribution in [3.8, 4) is 17.3 Å². The Balaban J connectivity index is 1.47. The molecule has 3 heterocycles. The van der Waals surface area contributed by atoms with Crippen molar-refractivity contribution < 1.29 is 9.84 Å². The van der Waals surface area contributed by atoms with Crippen molar-refractivity contribution in [2.75, 3.05) is 31.7 Å². The van der Waals surface area contributed by atoms with Crippen LogP contribution in [-0.2, 0) is 0 Å². The summed E-state index contributed by atoms with van der Waals surface area (Å²) in [4.78, 5) is 10.5. The van der Waals surface area contributed by atoms with Gasteiger partial charge in [0.05, 0.1) is 23.7 Å². The van der Waals surface area contributed by atoms with E-state index in [4.69, 9.17) is 9.72 Å². The maximum atomic E-state index is 9.34. The normalized spacial score (nSPS) is 15.6. The summed E-state index contributed by atoms with van der Waals surface area (Å²) in [7, 11) is 1.65. The van der Waals surface area contributed by atoms with Crippen LogP contribution in [0.1, 0.15) is 12.8 Å². The van der Waals surface area contributed by atoms with Crippen molar-refractivity contribution in [3.05, 3.63) is 36.4 Å². The number of rotatable bonds is 4. The van der Waals surface area contributed by atoms with Gasteiger partial charge in [0.2, 0.25) is 0 Å². The topological polar surface area (TPSA) is 90.1 Å². The van der Waals surface area contributed by atoms with Crippen LogP contribution in [0.5, 0.6) is 5.75 Å². The SMILES string of the molecule is COc1ccc2c(-c3nc4ccc(N5CCC(CO)CC5)cc4[nH]3)n[nH]c2c1. The van der Waals surface area contributed by atoms with Gasteiger partial charge in [-0.1, -0.05) is 0 Å². The number of aliphatic hydroxyl groups is 1. The van der Waals surface area contributed by atoms with E-state index in [1.807, 2.05) is 18.2 Å². The summed E-state index contributed by atoms with van der Waals surface area (Å²) in [5, 5.41) is 17.9. The second-order valence-electron chi connectivity index (χ2n) is 7.38. The first-order valence-corrected chi connectivity index (χ1v) is 9.63. The van der Waals surface area contributed by atoms with E-state index in [1.165, 1.54) is 5.69 Å². The highest BCUT2D eigenvalue weighted by Crippen LogP contribution is 2.30. The van der Waals surface area contributed by atoms with Crippen LogP contribution < -0.4 is 9.64 Å². The zero-order valence-corrected chi connectivity index (χ0v) is 15.8. The van der Waals surface area contributed by atoms with Crippen molar-refractivity contribution in [1.29, 1.82) is 0 Å². The first-order chi connectivity index (χ1) is 13.7. The standard InChI is InChI=1S/C21H23N5O2/c1-28-15-3-4-16-18(11-15)24-25-20(16)21-22-17-5-2-14(10-19(17)23-21)26-8-6-13(12-27)7-9-26/h2-5,10-11,13,27H,6-9,12H2,1H3,(H,22,23)(H,24,25). The fourth-order valence-corrected chi connectivity index (χ4v) is 3.99. The smallest absolute Gasteiger partial charge is 0.159 e. The van der Waals surface area contributed by atoms with E-state index in [-0.39, 0.29) is 0 Å². The second-order valence-corrected chi connectivity index (χ2v) is 7.38. The van der Waals surface area contributed by atoms with Crippen LogP contribution in [0.2, 0.25) is 0 Å². The molecule has 0 spiro atoms. The molecule has 0 saturated carbocycles. The highest BCUT2D eigenvalue weighted by molar-refractivity contribution is 5.94. The van der Waals surface area contributed by atoms with Gasteiger partial charge >= 0.3 is 0 Å². The third kappa shape index (κ3) is 2.88. The number of nitrogens with one attached hydrogen (secondary N) is 2. The molecule has 0 radical (unpaired) electrons. The number of anilines is 1. The molecule has 0 aliphatic carbocycles. The number of benzene rings is 2. The van der Waals surface area contributed by atoms with Crippen molar-refractivity contribution in [2.24, 2.45) is 5.92 Å². The number of piperidine rings is 1. The molecule has 144 valence electrons. The molecule has 7 nitrogen and oxygen atoms in total. The van der Waals surface area contributed by atoms with Gasteiger partial charge in [0.1, 0.15) is 11.4 Å². The van der Waals surface area contributed by atoms with Crippen LogP contribution in [0.4, 0.5) is 5.69 Å². The Morgan fingerprint density at radius 1 is 1.14 bits per heavy atom. The molecule has 0 unspecified atom stereocenters. The average molecular weight is 377 g/mol. The van der Waals surface area contributed by atoms with Gasteiger partial charge in [-0.25, -0.2) is 4.98 Å². The minimum atomic E-state index is 0.292. The highest BCUT2D eigenvalue weighted by atomic mass is 16.5. The Morgan fingerprint density at radius 2 is 2.00 bits per heavy atom. The van der Waals surface area contributed by atoms with Crippen LogP contribution in [0.15, 0.2) is 36.4 Å². The van der Waals surface area contributed by atoms with E-state index >= 15 is 0 Å². The van der Waals surface area contributed by atoms with Gasteiger partial charge < -0.3 is 19.7 Å². The van der Waals surface area contributed by atoms with E-state index in [0.29, 0.717) is 12.5 Å². The fourth-order valence-electron chi connectivity index (χ4n) is 3.99. The van der Waals surface area contributed by atoms with Crippen LogP contribution in [-0.4, -0.2) is 52.1 Å². The van der Waals surface area contributed by atoms with Crippen LogP contribution >= 0.6 is 0 Å². The quantitative estimate of drug-likeness (QED) is 0.508. The maximum absolute atomic E-state index is 9.34. The van der Waals surface area contributed by atoms with Gasteiger partial charge in [0, 0.05) is 36.8 Å². The van der Waals surface area contributed by atoms with E-state index in [0.717, 1.165) is 65.1 Å². The summed E-state index contributed by atoms with van der Waals surface area (Å²) in [6.45, 7) is 2.24. The van der Waals surface area contributed by atoms with Crippen LogP contribution in [0, 0.1) is 5.92 Å². The highest BCUT2D eigenvalue weighted by Gasteiger charge is 2.19. The van der Waals surface area contributed by atoms with E-state index < -0.39 is 0 Å². The summed E-state index contributed by atoms with van der Waals surface area (Å²) in [5.74, 6) is 1.98. The van der Waals surface area contributed by atoms with Gasteiger partial charge in [-0.15, -0.1) is 0 Å². The Morgan fingerprint density at radius 3 is 2.79 bits per heavy atom. The predicted octanol–water partition coefficient (Wildman–Crippen LogP) is 3.32. The lowest BCUT2D eigenvalue weighted by atomic mass is 9.97. The number of fused-ring (bicyclic) bond motifs is 2. The van der Waals surface area contributed by atoms with E-state index in [2.05, 4.69) is 38.3 Å². The Labute approximate surface area is 162 Å². The molecule has 2 aromatic heterocycles. The number of imidazole rings is 1. The molecule has 1 saturated heterocycles. The Hall–Kier alpha value is -3.06. The summed E-state index contributed by atoms with van der Waals surface area (Å²) in [6, 6.07) is 12.2. The maximum Gasteiger partial charge on any atom is 0.159 e. The molecule has 0 bridgehead atoms. The molecular formula is C21H23N5O2. The molecule has 3 N–H and O–H groups in total. The van der Waals surface area contributed by atoms with Gasteiger partial charge in [-0.05, 0) is 49.1 Å². The second kappa shape index (κ2) is 6.83. The average Bonchev–Trinajstić information content (AvgIpc) is 3.36. The molecule has 1 fully saturated rings. The van der Waals surface area contributed by atoms with Crippen LogP contribution in [0.25, 0.3) is 33.5 Å². The number of ether oxygens (including phenoxy) is 1. The van der Waals surface area contributed by atoms with Crippen molar-refractivity contribution in [1.82, 2.24) is 20.2 Å². The molecule has 1 aliphatic heterocycles. The first-order valence-electron chi connectivity index (χ1n) is 9.63. The zero-order valence-electron chi connectivity index (χ0n) is 15.8. The number of aliphatic hydroxyl groups excluding tert-OH is 1. The zero-order chi connectivity index (χ0) is 19.1. The largest absolute Gasteiger partial charge is 0.497 e. The molecule has 2 aromatic carbocycles. The lowest BCUT2D eigenvalue weighted by Gasteiger charge is -2.32. The number of H-pyrrole nitrogens is 2. The number of hydrogen-bond acceptors (Lipinski definition) is 5. The summed E-state index contributed by atoms with van der Waals surface area (Å²) in [6.07, 6.45) is 2.07. The first kappa shape index (κ1) is 17.1. The van der Waals surface area contributed by atoms with Crippen molar-refractivity contribution in [2.45, 2.75) is 12.8 Å². The Kier molecular flexibility index (Phi) is 4.16. The van der Waals surface area contributed by atoms with Gasteiger partial charge in [0.15, 0.2) is 5.82 Å². The number of nitrogens with zero attached hydrogens (tertiary/aromatic N) is 3. The van der Waals surface area contributed by atoms with Gasteiger partial charge in [0.25, 0.3) is 0 Å². The molecule has 1 aliphatic rings. The Bertz CT molecular complexity index is 1120. The van der Waals surface area contributed by atoms with Gasteiger partial charge in [-0.3, -0.25) is 5.10 Å². The molecule has 5 rings (SSSR count). The molecule has 7 heteroatoms. The molecule has 4 aromatic rings. The number of methoxy groups -OCH3 is 1. The minimum Gasteiger partial charge on any atom is -0.497 e. The monoisotopic (exact) mass is 377 g/mol. The van der Waals surface area contributed by atoms with Crippen molar-refractivity contribution >= 4 is 27.6 Å². The lowest BCUT2D eigenvalue weighted by molar-refractivity contribution is 0.203. The van der Waals surface area contributed by atoms with E-state index in [1.54, 1.807) is 7.11 Å². The fraction of sp³-hybridized carbons (Fsp3) is 0.333. The summed E-state index contributed by atoms with van der Waals surface area (Å²) < 4.78 is 5.28. The molecular weight excluding hydrogens is 354 g/mol. The van der Waals surface area contributed by atoms with Gasteiger partial charge in [-0.2, -0.15) is 5.10 Å². The lowest BCUT2D eigenvalue weighted by Crippen LogP contribution is -2.34. The molecule has 28 heavy (non-hydrogen) atoms. The third-order valence-corrected chi connectivity index (χ3v) is 5.70. The molecule has 0 amide bonds. The number of aromatic nitrogens is 4. The third-order valence-electron chi connectivity index (χ3n) is 5.70. The number of aromatic amines is 2. The predicted molar refractivity (Wildman–Crippen MR) is 110 cm³/mol. The van der Waals surface area contributed by atoms with E-state index in [9.17, 15) is 5.11 Å².